The largest absolute Gasteiger partial charge is 0.399 e. The Morgan fingerprint density at radius 3 is 2.81 bits per heavy atom. The Morgan fingerprint density at radius 2 is 2.14 bits per heavy atom. The molecule has 1 aromatic carbocycles. The Hall–Kier alpha value is -1.59. The maximum absolute atomic E-state index is 11.8. The van der Waals surface area contributed by atoms with Crippen LogP contribution in [-0.4, -0.2) is 43.7 Å². The van der Waals surface area contributed by atoms with Crippen LogP contribution in [0.2, 0.25) is 0 Å². The van der Waals surface area contributed by atoms with Gasteiger partial charge in [-0.3, -0.25) is 4.79 Å². The summed E-state index contributed by atoms with van der Waals surface area (Å²) in [6.07, 6.45) is 1.60. The minimum Gasteiger partial charge on any atom is -0.399 e. The second kappa shape index (κ2) is 9.37. The standard InChI is InChI=1S/C16H27N3O2/c1-13(2)21-11-10-19(3)9-5-8-16(20)18-15-7-4-6-14(17)12-15/h4,6-7,12-13H,5,8-11,17H2,1-3H3,(H,18,20). The number of benzene rings is 1. The summed E-state index contributed by atoms with van der Waals surface area (Å²) < 4.78 is 5.50. The summed E-state index contributed by atoms with van der Waals surface area (Å²) in [5, 5.41) is 2.85. The molecular formula is C16H27N3O2. The van der Waals surface area contributed by atoms with Crippen LogP contribution in [0, 0.1) is 0 Å². The predicted molar refractivity (Wildman–Crippen MR) is 87.3 cm³/mol. The lowest BCUT2D eigenvalue weighted by Crippen LogP contribution is -2.26. The Labute approximate surface area is 127 Å². The Morgan fingerprint density at radius 1 is 1.38 bits per heavy atom. The maximum Gasteiger partial charge on any atom is 0.224 e. The van der Waals surface area contributed by atoms with Crippen molar-refractivity contribution >= 4 is 17.3 Å². The average Bonchev–Trinajstić information content (AvgIpc) is 2.38. The fourth-order valence-corrected chi connectivity index (χ4v) is 1.91. The normalized spacial score (nSPS) is 11.1. The van der Waals surface area contributed by atoms with Crippen LogP contribution in [0.3, 0.4) is 0 Å². The van der Waals surface area contributed by atoms with Gasteiger partial charge in [0.25, 0.3) is 0 Å². The smallest absolute Gasteiger partial charge is 0.224 e. The number of nitrogens with two attached hydrogens (primary N) is 1. The van der Waals surface area contributed by atoms with Crippen LogP contribution in [-0.2, 0) is 9.53 Å². The van der Waals surface area contributed by atoms with Gasteiger partial charge in [-0.15, -0.1) is 0 Å². The van der Waals surface area contributed by atoms with Gasteiger partial charge in [0, 0.05) is 24.3 Å². The van der Waals surface area contributed by atoms with Gasteiger partial charge in [0.2, 0.25) is 5.91 Å². The van der Waals surface area contributed by atoms with Gasteiger partial charge < -0.3 is 20.7 Å². The first kappa shape index (κ1) is 17.5. The summed E-state index contributed by atoms with van der Waals surface area (Å²) >= 11 is 0. The van der Waals surface area contributed by atoms with Crippen LogP contribution in [0.1, 0.15) is 26.7 Å². The molecule has 1 aromatic rings. The molecule has 118 valence electrons. The highest BCUT2D eigenvalue weighted by Crippen LogP contribution is 2.12. The van der Waals surface area contributed by atoms with E-state index < -0.39 is 0 Å². The zero-order chi connectivity index (χ0) is 15.7. The lowest BCUT2D eigenvalue weighted by Gasteiger charge is -2.17. The quantitative estimate of drug-likeness (QED) is 0.686. The number of rotatable bonds is 9. The van der Waals surface area contributed by atoms with Gasteiger partial charge in [0.1, 0.15) is 0 Å². The lowest BCUT2D eigenvalue weighted by molar-refractivity contribution is -0.116. The highest BCUT2D eigenvalue weighted by Gasteiger charge is 2.05. The first-order chi connectivity index (χ1) is 9.97. The molecule has 0 saturated heterocycles. The molecule has 0 heterocycles. The molecule has 0 aliphatic rings. The van der Waals surface area contributed by atoms with Crippen LogP contribution in [0.5, 0.6) is 0 Å². The second-order valence-corrected chi connectivity index (χ2v) is 5.50. The summed E-state index contributed by atoms with van der Waals surface area (Å²) in [4.78, 5) is 14.0. The number of anilines is 2. The van der Waals surface area contributed by atoms with E-state index in [2.05, 4.69) is 10.2 Å². The molecule has 1 rings (SSSR count). The molecule has 21 heavy (non-hydrogen) atoms. The molecule has 0 atom stereocenters. The minimum absolute atomic E-state index is 0.0208. The SMILES string of the molecule is CC(C)OCCN(C)CCCC(=O)Nc1cccc(N)c1. The van der Waals surface area contributed by atoms with Crippen molar-refractivity contribution < 1.29 is 9.53 Å². The molecule has 3 N–H and O–H groups in total. The number of ether oxygens (including phenoxy) is 1. The molecule has 0 radical (unpaired) electrons. The number of nitrogens with zero attached hydrogens (tertiary/aromatic N) is 1. The molecular weight excluding hydrogens is 266 g/mol. The first-order valence-electron chi connectivity index (χ1n) is 7.43. The summed E-state index contributed by atoms with van der Waals surface area (Å²) in [6, 6.07) is 7.22. The van der Waals surface area contributed by atoms with Gasteiger partial charge in [-0.1, -0.05) is 6.07 Å². The van der Waals surface area contributed by atoms with Crippen LogP contribution in [0.4, 0.5) is 11.4 Å². The highest BCUT2D eigenvalue weighted by molar-refractivity contribution is 5.91. The molecule has 5 heteroatoms. The van der Waals surface area contributed by atoms with E-state index in [-0.39, 0.29) is 12.0 Å². The summed E-state index contributed by atoms with van der Waals surface area (Å²) in [7, 11) is 2.04. The summed E-state index contributed by atoms with van der Waals surface area (Å²) in [5.74, 6) is 0.0208. The Balaban J connectivity index is 2.15. The van der Waals surface area contributed by atoms with E-state index in [9.17, 15) is 4.79 Å². The van der Waals surface area contributed by atoms with Gasteiger partial charge in [-0.2, -0.15) is 0 Å². The summed E-state index contributed by atoms with van der Waals surface area (Å²) in [6.45, 7) is 6.55. The fraction of sp³-hybridized carbons (Fsp3) is 0.562. The van der Waals surface area contributed by atoms with Crippen molar-refractivity contribution in [2.24, 2.45) is 0 Å². The van der Waals surface area contributed by atoms with Crippen molar-refractivity contribution in [3.8, 4) is 0 Å². The molecule has 0 aliphatic heterocycles. The topological polar surface area (TPSA) is 67.6 Å². The number of amides is 1. The molecule has 0 aromatic heterocycles. The highest BCUT2D eigenvalue weighted by atomic mass is 16.5. The molecule has 0 fully saturated rings. The van der Waals surface area contributed by atoms with E-state index in [1.807, 2.05) is 33.0 Å². The van der Waals surface area contributed by atoms with Gasteiger partial charge in [0.05, 0.1) is 12.7 Å². The zero-order valence-corrected chi connectivity index (χ0v) is 13.3. The van der Waals surface area contributed by atoms with E-state index in [0.29, 0.717) is 12.1 Å². The van der Waals surface area contributed by atoms with Crippen molar-refractivity contribution in [1.29, 1.82) is 0 Å². The van der Waals surface area contributed by atoms with Gasteiger partial charge >= 0.3 is 0 Å². The predicted octanol–water partition coefficient (Wildman–Crippen LogP) is 2.34. The third kappa shape index (κ3) is 8.32. The van der Waals surface area contributed by atoms with Crippen LogP contribution in [0.25, 0.3) is 0 Å². The third-order valence-corrected chi connectivity index (χ3v) is 3.04. The number of likely N-dealkylation sites (N-methyl/N-ethyl adjacent to an activating group) is 1. The molecule has 0 unspecified atom stereocenters. The first-order valence-corrected chi connectivity index (χ1v) is 7.43. The maximum atomic E-state index is 11.8. The van der Waals surface area contributed by atoms with Gasteiger partial charge in [-0.25, -0.2) is 0 Å². The van der Waals surface area contributed by atoms with E-state index in [0.717, 1.165) is 31.8 Å². The van der Waals surface area contributed by atoms with Crippen LogP contribution >= 0.6 is 0 Å². The van der Waals surface area contributed by atoms with Crippen molar-refractivity contribution in [2.75, 3.05) is 37.8 Å². The number of hydrogen-bond donors (Lipinski definition) is 2. The molecule has 0 spiro atoms. The van der Waals surface area contributed by atoms with Crippen molar-refractivity contribution in [3.05, 3.63) is 24.3 Å². The van der Waals surface area contributed by atoms with E-state index in [4.69, 9.17) is 10.5 Å². The van der Waals surface area contributed by atoms with Crippen molar-refractivity contribution in [2.45, 2.75) is 32.8 Å². The second-order valence-electron chi connectivity index (χ2n) is 5.50. The number of nitrogens with one attached hydrogen (secondary N) is 1. The zero-order valence-electron chi connectivity index (χ0n) is 13.3. The average molecular weight is 293 g/mol. The number of hydrogen-bond acceptors (Lipinski definition) is 4. The van der Waals surface area contributed by atoms with Gasteiger partial charge in [-0.05, 0) is 52.1 Å². The number of carbonyl (C=O) groups excluding carboxylic acids is 1. The third-order valence-electron chi connectivity index (χ3n) is 3.04. The van der Waals surface area contributed by atoms with Crippen molar-refractivity contribution in [3.63, 3.8) is 0 Å². The molecule has 0 aliphatic carbocycles. The van der Waals surface area contributed by atoms with Crippen LogP contribution < -0.4 is 11.1 Å². The molecule has 0 bridgehead atoms. The summed E-state index contributed by atoms with van der Waals surface area (Å²) in [5.41, 5.74) is 7.07. The van der Waals surface area contributed by atoms with E-state index in [1.54, 1.807) is 12.1 Å². The van der Waals surface area contributed by atoms with Crippen molar-refractivity contribution in [1.82, 2.24) is 4.90 Å². The lowest BCUT2D eigenvalue weighted by atomic mass is 10.2. The fourth-order valence-electron chi connectivity index (χ4n) is 1.91. The van der Waals surface area contributed by atoms with Gasteiger partial charge in [0.15, 0.2) is 0 Å². The van der Waals surface area contributed by atoms with E-state index >= 15 is 0 Å². The molecule has 5 nitrogen and oxygen atoms in total. The molecule has 0 saturated carbocycles. The van der Waals surface area contributed by atoms with E-state index in [1.165, 1.54) is 0 Å². The molecule has 1 amide bonds. The monoisotopic (exact) mass is 293 g/mol. The van der Waals surface area contributed by atoms with Crippen LogP contribution in [0.15, 0.2) is 24.3 Å². The Kier molecular flexibility index (Phi) is 7.79. The number of carbonyl (C=O) groups is 1. The number of nitrogen functional groups attached to an aromatic ring is 1. The minimum atomic E-state index is 0.0208. The Bertz CT molecular complexity index is 435.